The van der Waals surface area contributed by atoms with Crippen molar-refractivity contribution in [2.24, 2.45) is 0 Å². The molecule has 1 saturated heterocycles. The Bertz CT molecular complexity index is 1060. The molecule has 1 unspecified atom stereocenters. The lowest BCUT2D eigenvalue weighted by atomic mass is 10.1. The van der Waals surface area contributed by atoms with Gasteiger partial charge >= 0.3 is 0 Å². The van der Waals surface area contributed by atoms with Crippen molar-refractivity contribution in [1.29, 1.82) is 0 Å². The molecule has 0 bridgehead atoms. The van der Waals surface area contributed by atoms with Gasteiger partial charge < -0.3 is 23.6 Å². The molecule has 1 aliphatic heterocycles. The van der Waals surface area contributed by atoms with Gasteiger partial charge in [-0.05, 0) is 36.2 Å². The van der Waals surface area contributed by atoms with E-state index in [1.165, 1.54) is 0 Å². The van der Waals surface area contributed by atoms with Gasteiger partial charge in [-0.1, -0.05) is 24.2 Å². The predicted molar refractivity (Wildman–Crippen MR) is 118 cm³/mol. The average Bonchev–Trinajstić information content (AvgIpc) is 3.45. The Hall–Kier alpha value is -3.55. The predicted octanol–water partition coefficient (Wildman–Crippen LogP) is 4.06. The highest BCUT2D eigenvalue weighted by atomic mass is 16.5. The number of benzene rings is 2. The maximum Gasteiger partial charge on any atom is 0.261 e. The Balaban J connectivity index is 1.43. The number of carbonyl (C=O) groups excluding carboxylic acids is 1. The quantitative estimate of drug-likeness (QED) is 0.499. The fraction of sp³-hybridized carbons (Fsp3) is 0.375. The Morgan fingerprint density at radius 2 is 1.88 bits per heavy atom. The first-order chi connectivity index (χ1) is 15.6. The van der Waals surface area contributed by atoms with Crippen molar-refractivity contribution in [3.63, 3.8) is 0 Å². The number of hydrogen-bond donors (Lipinski definition) is 0. The van der Waals surface area contributed by atoms with Crippen molar-refractivity contribution < 1.29 is 23.5 Å². The van der Waals surface area contributed by atoms with Crippen molar-refractivity contribution in [1.82, 2.24) is 15.0 Å². The van der Waals surface area contributed by atoms with E-state index < -0.39 is 0 Å². The van der Waals surface area contributed by atoms with Crippen LogP contribution < -0.4 is 14.2 Å². The van der Waals surface area contributed by atoms with E-state index in [0.717, 1.165) is 17.7 Å². The molecule has 3 aromatic rings. The number of rotatable bonds is 9. The van der Waals surface area contributed by atoms with E-state index in [0.29, 0.717) is 54.9 Å². The number of ether oxygens (including phenoxy) is 3. The monoisotopic (exact) mass is 437 g/mol. The fourth-order valence-electron chi connectivity index (χ4n) is 3.71. The summed E-state index contributed by atoms with van der Waals surface area (Å²) < 4.78 is 21.8. The molecular formula is C24H27N3O5. The average molecular weight is 437 g/mol. The molecular weight excluding hydrogens is 410 g/mol. The molecule has 8 heteroatoms. The van der Waals surface area contributed by atoms with Gasteiger partial charge in [0.15, 0.2) is 5.82 Å². The lowest BCUT2D eigenvalue weighted by Crippen LogP contribution is -2.24. The molecule has 32 heavy (non-hydrogen) atoms. The minimum Gasteiger partial charge on any atom is -0.497 e. The van der Waals surface area contributed by atoms with Gasteiger partial charge in [-0.3, -0.25) is 4.79 Å². The lowest BCUT2D eigenvalue weighted by Gasteiger charge is -2.16. The third-order valence-corrected chi connectivity index (χ3v) is 5.43. The summed E-state index contributed by atoms with van der Waals surface area (Å²) in [5, 5.41) is 4.14. The third kappa shape index (κ3) is 4.69. The van der Waals surface area contributed by atoms with E-state index in [1.54, 1.807) is 26.4 Å². The van der Waals surface area contributed by atoms with Crippen LogP contribution in [0.4, 0.5) is 0 Å². The number of nitrogens with zero attached hydrogens (tertiary/aromatic N) is 3. The van der Waals surface area contributed by atoms with Gasteiger partial charge in [0.05, 0.1) is 26.4 Å². The van der Waals surface area contributed by atoms with Crippen molar-refractivity contribution in [3.05, 3.63) is 53.9 Å². The summed E-state index contributed by atoms with van der Waals surface area (Å²) in [6.45, 7) is 3.86. The van der Waals surface area contributed by atoms with Crippen molar-refractivity contribution in [3.8, 4) is 28.7 Å². The normalized spacial score (nSPS) is 15.8. The zero-order valence-electron chi connectivity index (χ0n) is 18.5. The van der Waals surface area contributed by atoms with Crippen LogP contribution in [0.2, 0.25) is 0 Å². The summed E-state index contributed by atoms with van der Waals surface area (Å²) in [4.78, 5) is 19.0. The zero-order chi connectivity index (χ0) is 22.5. The van der Waals surface area contributed by atoms with Crippen molar-refractivity contribution in [2.75, 3.05) is 27.4 Å². The molecule has 4 rings (SSSR count). The second-order valence-electron chi connectivity index (χ2n) is 7.69. The smallest absolute Gasteiger partial charge is 0.261 e. The number of hydrogen-bond acceptors (Lipinski definition) is 7. The number of carbonyl (C=O) groups is 1. The zero-order valence-corrected chi connectivity index (χ0v) is 18.5. The molecule has 0 radical (unpaired) electrons. The minimum atomic E-state index is -0.114. The minimum absolute atomic E-state index is 0.0784. The van der Waals surface area contributed by atoms with Gasteiger partial charge in [0.25, 0.3) is 5.89 Å². The van der Waals surface area contributed by atoms with Crippen LogP contribution in [0, 0.1) is 0 Å². The van der Waals surface area contributed by atoms with E-state index >= 15 is 0 Å². The highest BCUT2D eigenvalue weighted by Gasteiger charge is 2.34. The van der Waals surface area contributed by atoms with Gasteiger partial charge in [0, 0.05) is 31.5 Å². The molecule has 1 amide bonds. The standard InChI is InChI=1S/C24H27N3O5/c1-4-11-31-18-7-5-16(6-8-18)14-27-15-17(12-22(27)28)23-25-24(32-26-23)20-10-9-19(29-2)13-21(20)30-3/h5-10,13,17H,4,11-12,14-15H2,1-3H3. The first-order valence-corrected chi connectivity index (χ1v) is 10.7. The van der Waals surface area contributed by atoms with Crippen LogP contribution >= 0.6 is 0 Å². The summed E-state index contributed by atoms with van der Waals surface area (Å²) in [7, 11) is 3.17. The molecule has 0 aliphatic carbocycles. The van der Waals surface area contributed by atoms with E-state index in [1.807, 2.05) is 35.2 Å². The summed E-state index contributed by atoms with van der Waals surface area (Å²) >= 11 is 0. The molecule has 168 valence electrons. The van der Waals surface area contributed by atoms with Gasteiger partial charge in [0.2, 0.25) is 5.91 Å². The highest BCUT2D eigenvalue weighted by molar-refractivity contribution is 5.79. The Kier molecular flexibility index (Phi) is 6.58. The maximum atomic E-state index is 12.6. The highest BCUT2D eigenvalue weighted by Crippen LogP contribution is 2.34. The lowest BCUT2D eigenvalue weighted by molar-refractivity contribution is -0.128. The number of aromatic nitrogens is 2. The van der Waals surface area contributed by atoms with Gasteiger partial charge in [-0.25, -0.2) is 0 Å². The van der Waals surface area contributed by atoms with Crippen molar-refractivity contribution in [2.45, 2.75) is 32.2 Å². The van der Waals surface area contributed by atoms with Crippen LogP contribution in [0.3, 0.4) is 0 Å². The Morgan fingerprint density at radius 3 is 2.59 bits per heavy atom. The Labute approximate surface area is 187 Å². The van der Waals surface area contributed by atoms with E-state index in [2.05, 4.69) is 17.1 Å². The van der Waals surface area contributed by atoms with Crippen LogP contribution in [0.5, 0.6) is 17.2 Å². The molecule has 2 heterocycles. The Morgan fingerprint density at radius 1 is 1.09 bits per heavy atom. The van der Waals surface area contributed by atoms with Crippen LogP contribution in [-0.4, -0.2) is 48.3 Å². The number of methoxy groups -OCH3 is 2. The van der Waals surface area contributed by atoms with Gasteiger partial charge in [-0.2, -0.15) is 4.98 Å². The SMILES string of the molecule is CCCOc1ccc(CN2CC(c3noc(-c4ccc(OC)cc4OC)n3)CC2=O)cc1. The number of likely N-dealkylation sites (tertiary alicyclic amines) is 1. The molecule has 0 saturated carbocycles. The maximum absolute atomic E-state index is 12.6. The summed E-state index contributed by atoms with van der Waals surface area (Å²) in [6, 6.07) is 13.3. The second kappa shape index (κ2) is 9.72. The molecule has 8 nitrogen and oxygen atoms in total. The van der Waals surface area contributed by atoms with Gasteiger partial charge in [0.1, 0.15) is 17.2 Å². The topological polar surface area (TPSA) is 86.9 Å². The first kappa shape index (κ1) is 21.7. The summed E-state index contributed by atoms with van der Waals surface area (Å²) in [5.41, 5.74) is 1.73. The molecule has 1 atom stereocenters. The van der Waals surface area contributed by atoms with E-state index in [4.69, 9.17) is 18.7 Å². The molecule has 1 fully saturated rings. The molecule has 0 N–H and O–H groups in total. The molecule has 0 spiro atoms. The second-order valence-corrected chi connectivity index (χ2v) is 7.69. The summed E-state index contributed by atoms with van der Waals surface area (Å²) in [6.07, 6.45) is 1.32. The largest absolute Gasteiger partial charge is 0.497 e. The van der Waals surface area contributed by atoms with Crippen LogP contribution in [0.1, 0.15) is 37.1 Å². The van der Waals surface area contributed by atoms with Crippen LogP contribution in [0.25, 0.3) is 11.5 Å². The fourth-order valence-corrected chi connectivity index (χ4v) is 3.71. The third-order valence-electron chi connectivity index (χ3n) is 5.43. The van der Waals surface area contributed by atoms with Crippen LogP contribution in [-0.2, 0) is 11.3 Å². The van der Waals surface area contributed by atoms with Gasteiger partial charge in [-0.15, -0.1) is 0 Å². The number of amides is 1. The first-order valence-electron chi connectivity index (χ1n) is 10.7. The molecule has 1 aliphatic rings. The van der Waals surface area contributed by atoms with E-state index in [9.17, 15) is 4.79 Å². The molecule has 1 aromatic heterocycles. The molecule has 2 aromatic carbocycles. The van der Waals surface area contributed by atoms with Crippen molar-refractivity contribution >= 4 is 5.91 Å². The summed E-state index contributed by atoms with van der Waals surface area (Å²) in [5.74, 6) is 2.94. The van der Waals surface area contributed by atoms with Crippen LogP contribution in [0.15, 0.2) is 47.0 Å². The van der Waals surface area contributed by atoms with E-state index in [-0.39, 0.29) is 11.8 Å².